The number of hydrogen-bond acceptors (Lipinski definition) is 1. The van der Waals surface area contributed by atoms with Gasteiger partial charge in [-0.2, -0.15) is 0 Å². The molecule has 0 aromatic carbocycles. The lowest BCUT2D eigenvalue weighted by Crippen LogP contribution is -2.36. The van der Waals surface area contributed by atoms with Gasteiger partial charge in [-0.15, -0.1) is 0 Å². The van der Waals surface area contributed by atoms with Gasteiger partial charge in [0.1, 0.15) is 0 Å². The Morgan fingerprint density at radius 3 is 2.00 bits per heavy atom. The number of rotatable bonds is 4. The summed E-state index contributed by atoms with van der Waals surface area (Å²) in [5.74, 6) is 1.76. The normalized spacial score (nSPS) is 10.9. The Morgan fingerprint density at radius 1 is 1.25 bits per heavy atom. The molecule has 0 atom stereocenters. The van der Waals surface area contributed by atoms with Gasteiger partial charge in [-0.05, 0) is 12.8 Å². The van der Waals surface area contributed by atoms with Crippen molar-refractivity contribution in [2.75, 3.05) is 13.1 Å². The molecule has 0 radical (unpaired) electrons. The van der Waals surface area contributed by atoms with Crippen LogP contribution in [0.2, 0.25) is 0 Å². The smallest absolute Gasteiger partial charge is 0.0983 e. The van der Waals surface area contributed by atoms with Crippen molar-refractivity contribution in [2.24, 2.45) is 11.8 Å². The summed E-state index contributed by atoms with van der Waals surface area (Å²) >= 11 is 0. The predicted molar refractivity (Wildman–Crippen MR) is 54.6 cm³/mol. The van der Waals surface area contributed by atoms with Gasteiger partial charge in [-0.1, -0.05) is 27.7 Å². The Labute approximate surface area is 76.5 Å². The highest BCUT2D eigenvalue weighted by molar-refractivity contribution is 5.80. The van der Waals surface area contributed by atoms with Crippen LogP contribution in [0, 0.1) is 17.2 Å². The minimum atomic E-state index is 0.351. The van der Waals surface area contributed by atoms with Crippen molar-refractivity contribution in [2.45, 2.75) is 34.6 Å². The maximum atomic E-state index is 7.82. The van der Waals surface area contributed by atoms with Crippen LogP contribution in [0.1, 0.15) is 34.6 Å². The Hall–Kier alpha value is -0.530. The molecular formula is C10H22N2. The van der Waals surface area contributed by atoms with Crippen molar-refractivity contribution in [3.05, 3.63) is 0 Å². The lowest BCUT2D eigenvalue weighted by Gasteiger charge is -2.27. The first-order valence-corrected chi connectivity index (χ1v) is 4.82. The predicted octanol–water partition coefficient (Wildman–Crippen LogP) is 2.60. The average Bonchev–Trinajstić information content (AvgIpc) is 1.98. The van der Waals surface area contributed by atoms with Crippen LogP contribution >= 0.6 is 0 Å². The van der Waals surface area contributed by atoms with E-state index < -0.39 is 0 Å². The summed E-state index contributed by atoms with van der Waals surface area (Å²) in [6, 6.07) is 0. The number of hydrogen-bond donors (Lipinski definition) is 1. The molecule has 0 saturated heterocycles. The largest absolute Gasteiger partial charge is 0.360 e. The summed E-state index contributed by atoms with van der Waals surface area (Å²) < 4.78 is 0. The van der Waals surface area contributed by atoms with Crippen molar-refractivity contribution in [1.29, 1.82) is 5.41 Å². The molecule has 0 aromatic rings. The molecule has 0 bridgehead atoms. The molecular weight excluding hydrogens is 148 g/mol. The monoisotopic (exact) mass is 170 g/mol. The van der Waals surface area contributed by atoms with Gasteiger partial charge in [-0.3, -0.25) is 5.41 Å². The highest BCUT2D eigenvalue weighted by Crippen LogP contribution is 2.05. The van der Waals surface area contributed by atoms with Crippen LogP contribution in [0.25, 0.3) is 0 Å². The molecule has 0 heterocycles. The quantitative estimate of drug-likeness (QED) is 0.509. The number of nitrogens with zero attached hydrogens (tertiary/aromatic N) is 1. The zero-order valence-electron chi connectivity index (χ0n) is 9.02. The van der Waals surface area contributed by atoms with E-state index in [2.05, 4.69) is 39.5 Å². The van der Waals surface area contributed by atoms with Crippen LogP contribution in [0.15, 0.2) is 0 Å². The first-order valence-electron chi connectivity index (χ1n) is 4.82. The van der Waals surface area contributed by atoms with Crippen molar-refractivity contribution in [3.63, 3.8) is 0 Å². The van der Waals surface area contributed by atoms with E-state index in [4.69, 9.17) is 5.41 Å². The van der Waals surface area contributed by atoms with Crippen molar-refractivity contribution in [1.82, 2.24) is 4.90 Å². The lowest BCUT2D eigenvalue weighted by molar-refractivity contribution is 0.364. The molecule has 0 aliphatic heterocycles. The van der Waals surface area contributed by atoms with E-state index in [1.165, 1.54) is 0 Å². The molecule has 0 aromatic heterocycles. The summed E-state index contributed by atoms with van der Waals surface area (Å²) in [5.41, 5.74) is 0. The Bertz CT molecular complexity index is 139. The summed E-state index contributed by atoms with van der Waals surface area (Å²) in [6.07, 6.45) is 0. The van der Waals surface area contributed by atoms with E-state index in [0.717, 1.165) is 18.9 Å². The first-order chi connectivity index (χ1) is 5.49. The Kier molecular flexibility index (Phi) is 4.95. The molecule has 0 saturated carbocycles. The van der Waals surface area contributed by atoms with E-state index in [0.29, 0.717) is 11.8 Å². The first kappa shape index (κ1) is 11.5. The second-order valence-corrected chi connectivity index (χ2v) is 3.97. The van der Waals surface area contributed by atoms with E-state index in [9.17, 15) is 0 Å². The third-order valence-corrected chi connectivity index (χ3v) is 1.85. The fourth-order valence-corrected chi connectivity index (χ4v) is 1.20. The van der Waals surface area contributed by atoms with Gasteiger partial charge in [0, 0.05) is 19.0 Å². The summed E-state index contributed by atoms with van der Waals surface area (Å²) in [7, 11) is 0. The van der Waals surface area contributed by atoms with Crippen LogP contribution in [0.3, 0.4) is 0 Å². The third kappa shape index (κ3) is 3.74. The topological polar surface area (TPSA) is 27.1 Å². The summed E-state index contributed by atoms with van der Waals surface area (Å²) in [5, 5.41) is 7.82. The zero-order chi connectivity index (χ0) is 9.72. The molecule has 0 rings (SSSR count). The van der Waals surface area contributed by atoms with E-state index in [1.54, 1.807) is 0 Å². The molecule has 0 aliphatic carbocycles. The average molecular weight is 170 g/mol. The van der Waals surface area contributed by atoms with Gasteiger partial charge >= 0.3 is 0 Å². The molecule has 0 unspecified atom stereocenters. The Morgan fingerprint density at radius 2 is 1.75 bits per heavy atom. The molecule has 2 heteroatoms. The van der Waals surface area contributed by atoms with Crippen LogP contribution in [-0.2, 0) is 0 Å². The van der Waals surface area contributed by atoms with E-state index in [-0.39, 0.29) is 0 Å². The second-order valence-electron chi connectivity index (χ2n) is 3.97. The van der Waals surface area contributed by atoms with Gasteiger partial charge < -0.3 is 4.90 Å². The molecule has 0 spiro atoms. The maximum absolute atomic E-state index is 7.82. The van der Waals surface area contributed by atoms with E-state index in [1.807, 2.05) is 0 Å². The number of amidine groups is 1. The molecule has 0 aliphatic rings. The second kappa shape index (κ2) is 5.18. The van der Waals surface area contributed by atoms with Crippen molar-refractivity contribution >= 4 is 5.84 Å². The zero-order valence-corrected chi connectivity index (χ0v) is 9.02. The fourth-order valence-electron chi connectivity index (χ4n) is 1.20. The highest BCUT2D eigenvalue weighted by Gasteiger charge is 2.11. The van der Waals surface area contributed by atoms with Gasteiger partial charge in [-0.25, -0.2) is 0 Å². The van der Waals surface area contributed by atoms with Crippen molar-refractivity contribution in [3.8, 4) is 0 Å². The number of nitrogens with one attached hydrogen (secondary N) is 1. The fraction of sp³-hybridized carbons (Fsp3) is 0.900. The van der Waals surface area contributed by atoms with E-state index >= 15 is 0 Å². The molecule has 72 valence electrons. The molecule has 12 heavy (non-hydrogen) atoms. The summed E-state index contributed by atoms with van der Waals surface area (Å²) in [4.78, 5) is 2.15. The van der Waals surface area contributed by atoms with Crippen LogP contribution in [0.5, 0.6) is 0 Å². The van der Waals surface area contributed by atoms with Crippen LogP contribution in [0.4, 0.5) is 0 Å². The third-order valence-electron chi connectivity index (χ3n) is 1.85. The molecule has 2 nitrogen and oxygen atoms in total. The van der Waals surface area contributed by atoms with Gasteiger partial charge in [0.2, 0.25) is 0 Å². The maximum Gasteiger partial charge on any atom is 0.0983 e. The van der Waals surface area contributed by atoms with Gasteiger partial charge in [0.05, 0.1) is 5.84 Å². The van der Waals surface area contributed by atoms with Crippen LogP contribution < -0.4 is 0 Å². The molecule has 0 fully saturated rings. The van der Waals surface area contributed by atoms with Gasteiger partial charge in [0.15, 0.2) is 0 Å². The standard InChI is InChI=1S/C10H22N2/c1-6-12(7-8(2)3)10(11)9(4)5/h8-9,11H,6-7H2,1-5H3. The lowest BCUT2D eigenvalue weighted by atomic mass is 10.1. The van der Waals surface area contributed by atoms with Crippen LogP contribution in [-0.4, -0.2) is 23.8 Å². The molecule has 0 amide bonds. The minimum Gasteiger partial charge on any atom is -0.360 e. The SMILES string of the molecule is CCN(CC(C)C)C(=N)C(C)C. The van der Waals surface area contributed by atoms with Gasteiger partial charge in [0.25, 0.3) is 0 Å². The Balaban J connectivity index is 4.06. The minimum absolute atomic E-state index is 0.351. The summed E-state index contributed by atoms with van der Waals surface area (Å²) in [6.45, 7) is 12.6. The van der Waals surface area contributed by atoms with Crippen molar-refractivity contribution < 1.29 is 0 Å². The molecule has 1 N–H and O–H groups in total. The highest BCUT2D eigenvalue weighted by atomic mass is 15.2.